The maximum atomic E-state index is 13.2. The molecule has 1 saturated heterocycles. The van der Waals surface area contributed by atoms with E-state index in [0.717, 1.165) is 15.8 Å². The fourth-order valence-electron chi connectivity index (χ4n) is 3.48. The molecule has 1 aliphatic rings. The number of carbonyl (C=O) groups is 1. The fourth-order valence-corrected chi connectivity index (χ4v) is 5.12. The monoisotopic (exact) mass is 403 g/mol. The van der Waals surface area contributed by atoms with Crippen LogP contribution in [0.1, 0.15) is 16.1 Å². The highest BCUT2D eigenvalue weighted by atomic mass is 32.2. The van der Waals surface area contributed by atoms with E-state index >= 15 is 0 Å². The van der Waals surface area contributed by atoms with Crippen LogP contribution in [0.2, 0.25) is 0 Å². The van der Waals surface area contributed by atoms with Crippen LogP contribution in [0.15, 0.2) is 47.8 Å². The minimum atomic E-state index is -3.21. The zero-order valence-electron chi connectivity index (χ0n) is 15.0. The van der Waals surface area contributed by atoms with Gasteiger partial charge in [0.1, 0.15) is 5.69 Å². The Kier molecular flexibility index (Phi) is 4.79. The van der Waals surface area contributed by atoms with Gasteiger partial charge in [-0.3, -0.25) is 4.79 Å². The topological polar surface area (TPSA) is 62.6 Å². The summed E-state index contributed by atoms with van der Waals surface area (Å²) in [5.74, 6) is -0.0394. The Morgan fingerprint density at radius 3 is 2.44 bits per heavy atom. The van der Waals surface area contributed by atoms with Gasteiger partial charge in [-0.05, 0) is 23.1 Å². The summed E-state index contributed by atoms with van der Waals surface area (Å²) in [5, 5.41) is 2.03. The van der Waals surface area contributed by atoms with E-state index in [1.54, 1.807) is 16.2 Å². The lowest BCUT2D eigenvalue weighted by Gasteiger charge is -2.33. The molecule has 0 saturated carbocycles. The van der Waals surface area contributed by atoms with E-state index in [0.29, 0.717) is 38.4 Å². The lowest BCUT2D eigenvalue weighted by molar-refractivity contribution is 0.0688. The number of rotatable bonds is 4. The summed E-state index contributed by atoms with van der Waals surface area (Å²) in [6, 6.07) is 14.1. The van der Waals surface area contributed by atoms with Crippen LogP contribution in [-0.4, -0.2) is 60.5 Å². The summed E-state index contributed by atoms with van der Waals surface area (Å²) < 4.78 is 28.0. The molecule has 6 nitrogen and oxygen atoms in total. The molecule has 2 aromatic heterocycles. The fraction of sp³-hybridized carbons (Fsp3) is 0.316. The van der Waals surface area contributed by atoms with Crippen molar-refractivity contribution in [2.75, 3.05) is 32.4 Å². The summed E-state index contributed by atoms with van der Waals surface area (Å²) >= 11 is 1.62. The zero-order chi connectivity index (χ0) is 19.0. The highest BCUT2D eigenvalue weighted by Gasteiger charge is 2.28. The lowest BCUT2D eigenvalue weighted by Crippen LogP contribution is -2.50. The van der Waals surface area contributed by atoms with Gasteiger partial charge in [0.2, 0.25) is 10.0 Å². The van der Waals surface area contributed by atoms with Crippen molar-refractivity contribution in [3.63, 3.8) is 0 Å². The SMILES string of the molecule is CS(=O)(=O)N1CCN(C(=O)c2cc3sccc3n2Cc2ccccc2)CC1. The first-order chi connectivity index (χ1) is 12.9. The average molecular weight is 404 g/mol. The molecule has 1 fully saturated rings. The van der Waals surface area contributed by atoms with E-state index in [4.69, 9.17) is 0 Å². The normalized spacial score (nSPS) is 16.1. The van der Waals surface area contributed by atoms with Gasteiger partial charge in [0.15, 0.2) is 0 Å². The first kappa shape index (κ1) is 18.2. The summed E-state index contributed by atoms with van der Waals surface area (Å²) in [4.78, 5) is 14.9. The van der Waals surface area contributed by atoms with Gasteiger partial charge in [0, 0.05) is 32.7 Å². The molecule has 0 spiro atoms. The quantitative estimate of drug-likeness (QED) is 0.672. The Morgan fingerprint density at radius 2 is 1.78 bits per heavy atom. The van der Waals surface area contributed by atoms with Crippen molar-refractivity contribution < 1.29 is 13.2 Å². The molecule has 27 heavy (non-hydrogen) atoms. The number of aromatic nitrogens is 1. The minimum Gasteiger partial charge on any atom is -0.335 e. The predicted octanol–water partition coefficient (Wildman–Crippen LogP) is 2.47. The second-order valence-electron chi connectivity index (χ2n) is 6.73. The molecule has 4 rings (SSSR count). The highest BCUT2D eigenvalue weighted by Crippen LogP contribution is 2.27. The molecule has 0 radical (unpaired) electrons. The van der Waals surface area contributed by atoms with Crippen LogP contribution in [0.3, 0.4) is 0 Å². The predicted molar refractivity (Wildman–Crippen MR) is 108 cm³/mol. The van der Waals surface area contributed by atoms with Gasteiger partial charge < -0.3 is 9.47 Å². The highest BCUT2D eigenvalue weighted by molar-refractivity contribution is 7.88. The van der Waals surface area contributed by atoms with Gasteiger partial charge in [-0.25, -0.2) is 8.42 Å². The van der Waals surface area contributed by atoms with Crippen LogP contribution in [-0.2, 0) is 16.6 Å². The molecule has 3 heterocycles. The third kappa shape index (κ3) is 3.65. The maximum Gasteiger partial charge on any atom is 0.270 e. The molecule has 3 aromatic rings. The molecule has 0 N–H and O–H groups in total. The molecule has 142 valence electrons. The third-order valence-electron chi connectivity index (χ3n) is 4.92. The molecule has 1 aliphatic heterocycles. The lowest BCUT2D eigenvalue weighted by atomic mass is 10.2. The van der Waals surface area contributed by atoms with Crippen molar-refractivity contribution in [3.8, 4) is 0 Å². The van der Waals surface area contributed by atoms with E-state index in [2.05, 4.69) is 16.7 Å². The first-order valence-electron chi connectivity index (χ1n) is 8.78. The van der Waals surface area contributed by atoms with E-state index < -0.39 is 10.0 Å². The van der Waals surface area contributed by atoms with Crippen molar-refractivity contribution in [2.45, 2.75) is 6.54 Å². The number of piperazine rings is 1. The van der Waals surface area contributed by atoms with Crippen molar-refractivity contribution in [2.24, 2.45) is 0 Å². The Hall–Kier alpha value is -2.16. The second kappa shape index (κ2) is 7.10. The largest absolute Gasteiger partial charge is 0.335 e. The Bertz CT molecular complexity index is 1060. The molecule has 1 amide bonds. The standard InChI is InChI=1S/C19H21N3O3S2/c1-27(24,25)21-10-8-20(9-11-21)19(23)17-13-18-16(7-12-26-18)22(17)14-15-5-3-2-4-6-15/h2-7,12-13H,8-11,14H2,1H3. The van der Waals surface area contributed by atoms with Gasteiger partial charge in [0.05, 0.1) is 16.5 Å². The second-order valence-corrected chi connectivity index (χ2v) is 9.66. The first-order valence-corrected chi connectivity index (χ1v) is 11.5. The van der Waals surface area contributed by atoms with E-state index in [1.807, 2.05) is 35.7 Å². The van der Waals surface area contributed by atoms with Crippen LogP contribution in [0.5, 0.6) is 0 Å². The number of amides is 1. The molecule has 0 unspecified atom stereocenters. The van der Waals surface area contributed by atoms with E-state index in [9.17, 15) is 13.2 Å². The van der Waals surface area contributed by atoms with Gasteiger partial charge in [-0.1, -0.05) is 30.3 Å². The Morgan fingerprint density at radius 1 is 1.07 bits per heavy atom. The van der Waals surface area contributed by atoms with E-state index in [1.165, 1.54) is 10.6 Å². The number of hydrogen-bond acceptors (Lipinski definition) is 4. The Balaban J connectivity index is 1.61. The van der Waals surface area contributed by atoms with Crippen LogP contribution >= 0.6 is 11.3 Å². The summed E-state index contributed by atoms with van der Waals surface area (Å²) in [6.07, 6.45) is 1.21. The average Bonchev–Trinajstić information content (AvgIpc) is 3.24. The number of nitrogens with zero attached hydrogens (tertiary/aromatic N) is 3. The number of carbonyl (C=O) groups excluding carboxylic acids is 1. The van der Waals surface area contributed by atoms with Crippen molar-refractivity contribution in [1.82, 2.24) is 13.8 Å². The molecule has 0 atom stereocenters. The van der Waals surface area contributed by atoms with Crippen LogP contribution < -0.4 is 0 Å². The summed E-state index contributed by atoms with van der Waals surface area (Å²) in [6.45, 7) is 2.15. The smallest absolute Gasteiger partial charge is 0.270 e. The Labute approximate surface area is 162 Å². The third-order valence-corrected chi connectivity index (χ3v) is 7.08. The van der Waals surface area contributed by atoms with Crippen LogP contribution in [0.25, 0.3) is 10.2 Å². The van der Waals surface area contributed by atoms with Crippen LogP contribution in [0.4, 0.5) is 0 Å². The van der Waals surface area contributed by atoms with Crippen molar-refractivity contribution >= 4 is 37.5 Å². The number of benzene rings is 1. The summed E-state index contributed by atoms with van der Waals surface area (Å²) in [5.41, 5.74) is 2.85. The van der Waals surface area contributed by atoms with E-state index in [-0.39, 0.29) is 5.91 Å². The van der Waals surface area contributed by atoms with Gasteiger partial charge >= 0.3 is 0 Å². The van der Waals surface area contributed by atoms with Crippen LogP contribution in [0, 0.1) is 0 Å². The van der Waals surface area contributed by atoms with Gasteiger partial charge in [0.25, 0.3) is 5.91 Å². The summed E-state index contributed by atoms with van der Waals surface area (Å²) in [7, 11) is -3.21. The number of sulfonamides is 1. The molecular weight excluding hydrogens is 382 g/mol. The molecule has 0 aliphatic carbocycles. The van der Waals surface area contributed by atoms with Crippen molar-refractivity contribution in [1.29, 1.82) is 0 Å². The van der Waals surface area contributed by atoms with Gasteiger partial charge in [-0.15, -0.1) is 11.3 Å². The number of hydrogen-bond donors (Lipinski definition) is 0. The molecule has 0 bridgehead atoms. The number of thiophene rings is 1. The molecular formula is C19H21N3O3S2. The van der Waals surface area contributed by atoms with Crippen molar-refractivity contribution in [3.05, 3.63) is 59.1 Å². The van der Waals surface area contributed by atoms with Gasteiger partial charge in [-0.2, -0.15) is 4.31 Å². The zero-order valence-corrected chi connectivity index (χ0v) is 16.7. The number of fused-ring (bicyclic) bond motifs is 1. The maximum absolute atomic E-state index is 13.2. The molecule has 1 aromatic carbocycles. The minimum absolute atomic E-state index is 0.0394. The molecule has 8 heteroatoms.